The molecule has 2 aromatic carbocycles. The Hall–Kier alpha value is -0.930. The molecule has 1 aromatic heterocycles. The number of halogens is 4. The Labute approximate surface area is 142 Å². The summed E-state index contributed by atoms with van der Waals surface area (Å²) in [6.07, 6.45) is 0. The van der Waals surface area contributed by atoms with Gasteiger partial charge in [-0.25, -0.2) is 4.98 Å². The SMILES string of the molecule is CC(Cl)c1nc2ccc(Cl)cc2n1-c1c(Cl)cccc1Cl. The van der Waals surface area contributed by atoms with Gasteiger partial charge in [-0.3, -0.25) is 4.57 Å². The first-order chi connectivity index (χ1) is 9.99. The van der Waals surface area contributed by atoms with Crippen LogP contribution in [0.2, 0.25) is 15.1 Å². The predicted octanol–water partition coefficient (Wildman–Crippen LogP) is 6.29. The van der Waals surface area contributed by atoms with E-state index in [1.165, 1.54) is 0 Å². The van der Waals surface area contributed by atoms with E-state index in [1.807, 2.05) is 23.6 Å². The molecule has 3 rings (SSSR count). The molecular formula is C15H10Cl4N2. The van der Waals surface area contributed by atoms with Gasteiger partial charge in [0.1, 0.15) is 5.82 Å². The van der Waals surface area contributed by atoms with E-state index in [1.54, 1.807) is 24.3 Å². The zero-order chi connectivity index (χ0) is 15.1. The molecule has 1 atom stereocenters. The molecule has 0 amide bonds. The van der Waals surface area contributed by atoms with Crippen LogP contribution in [0.4, 0.5) is 0 Å². The number of hydrogen-bond donors (Lipinski definition) is 0. The monoisotopic (exact) mass is 358 g/mol. The van der Waals surface area contributed by atoms with E-state index >= 15 is 0 Å². The first kappa shape index (κ1) is 15.0. The lowest BCUT2D eigenvalue weighted by Crippen LogP contribution is -2.03. The number of imidazole rings is 1. The van der Waals surface area contributed by atoms with Crippen LogP contribution in [-0.4, -0.2) is 9.55 Å². The van der Waals surface area contributed by atoms with E-state index in [0.29, 0.717) is 26.6 Å². The minimum Gasteiger partial charge on any atom is -0.292 e. The summed E-state index contributed by atoms with van der Waals surface area (Å²) >= 11 is 25.0. The highest BCUT2D eigenvalue weighted by atomic mass is 35.5. The summed E-state index contributed by atoms with van der Waals surface area (Å²) in [5, 5.41) is 1.37. The van der Waals surface area contributed by atoms with Gasteiger partial charge in [-0.1, -0.05) is 40.9 Å². The molecule has 0 spiro atoms. The summed E-state index contributed by atoms with van der Waals surface area (Å²) < 4.78 is 1.86. The van der Waals surface area contributed by atoms with Crippen molar-refractivity contribution >= 4 is 57.4 Å². The molecule has 0 aliphatic heterocycles. The average molecular weight is 360 g/mol. The van der Waals surface area contributed by atoms with Gasteiger partial charge >= 0.3 is 0 Å². The third-order valence-electron chi connectivity index (χ3n) is 3.16. The quantitative estimate of drug-likeness (QED) is 0.492. The third-order valence-corrected chi connectivity index (χ3v) is 4.20. The summed E-state index contributed by atoms with van der Waals surface area (Å²) in [5.41, 5.74) is 2.27. The zero-order valence-electron chi connectivity index (χ0n) is 10.9. The first-order valence-corrected chi connectivity index (χ1v) is 7.82. The fourth-order valence-electron chi connectivity index (χ4n) is 2.27. The van der Waals surface area contributed by atoms with Crippen LogP contribution in [0, 0.1) is 0 Å². The summed E-state index contributed by atoms with van der Waals surface area (Å²) in [4.78, 5) is 4.57. The molecular weight excluding hydrogens is 350 g/mol. The molecule has 0 aliphatic carbocycles. The minimum absolute atomic E-state index is 0.302. The maximum Gasteiger partial charge on any atom is 0.132 e. The molecule has 6 heteroatoms. The lowest BCUT2D eigenvalue weighted by Gasteiger charge is -2.14. The molecule has 21 heavy (non-hydrogen) atoms. The van der Waals surface area contributed by atoms with Crippen LogP contribution in [0.15, 0.2) is 36.4 Å². The molecule has 0 fully saturated rings. The average Bonchev–Trinajstić information content (AvgIpc) is 2.78. The third kappa shape index (κ3) is 2.62. The summed E-state index contributed by atoms with van der Waals surface area (Å²) in [5.74, 6) is 0.670. The van der Waals surface area contributed by atoms with Gasteiger partial charge in [0.2, 0.25) is 0 Å². The fourth-order valence-corrected chi connectivity index (χ4v) is 3.15. The predicted molar refractivity (Wildman–Crippen MR) is 90.4 cm³/mol. The highest BCUT2D eigenvalue weighted by Gasteiger charge is 2.20. The van der Waals surface area contributed by atoms with E-state index in [0.717, 1.165) is 11.0 Å². The number of fused-ring (bicyclic) bond motifs is 1. The topological polar surface area (TPSA) is 17.8 Å². The van der Waals surface area contributed by atoms with Crippen LogP contribution in [0.3, 0.4) is 0 Å². The second-order valence-corrected chi connectivity index (χ2v) is 6.53. The van der Waals surface area contributed by atoms with Crippen LogP contribution >= 0.6 is 46.4 Å². The Morgan fingerprint density at radius 2 is 1.71 bits per heavy atom. The Kier molecular flexibility index (Phi) is 4.06. The summed E-state index contributed by atoms with van der Waals surface area (Å²) in [6, 6.07) is 10.8. The van der Waals surface area contributed by atoms with Crippen molar-refractivity contribution in [1.29, 1.82) is 0 Å². The molecule has 0 radical (unpaired) electrons. The number of para-hydroxylation sites is 1. The lowest BCUT2D eigenvalue weighted by atomic mass is 10.2. The Bertz CT molecular complexity index is 804. The van der Waals surface area contributed by atoms with Gasteiger partial charge in [-0.2, -0.15) is 0 Å². The largest absolute Gasteiger partial charge is 0.292 e. The van der Waals surface area contributed by atoms with Crippen LogP contribution < -0.4 is 0 Å². The van der Waals surface area contributed by atoms with Crippen molar-refractivity contribution < 1.29 is 0 Å². The molecule has 0 saturated heterocycles. The number of hydrogen-bond acceptors (Lipinski definition) is 1. The van der Waals surface area contributed by atoms with Crippen molar-refractivity contribution in [2.75, 3.05) is 0 Å². The van der Waals surface area contributed by atoms with Crippen LogP contribution in [0.5, 0.6) is 0 Å². The fraction of sp³-hybridized carbons (Fsp3) is 0.133. The molecule has 1 unspecified atom stereocenters. The van der Waals surface area contributed by atoms with Crippen molar-refractivity contribution in [1.82, 2.24) is 9.55 Å². The van der Waals surface area contributed by atoms with E-state index in [9.17, 15) is 0 Å². The number of rotatable bonds is 2. The van der Waals surface area contributed by atoms with E-state index in [2.05, 4.69) is 4.98 Å². The number of nitrogens with zero attached hydrogens (tertiary/aromatic N) is 2. The van der Waals surface area contributed by atoms with Crippen LogP contribution in [0.25, 0.3) is 16.7 Å². The second-order valence-electron chi connectivity index (χ2n) is 4.62. The van der Waals surface area contributed by atoms with Crippen molar-refractivity contribution in [2.45, 2.75) is 12.3 Å². The molecule has 1 heterocycles. The Balaban J connectivity index is 2.44. The van der Waals surface area contributed by atoms with Crippen molar-refractivity contribution in [3.05, 3.63) is 57.3 Å². The minimum atomic E-state index is -0.302. The van der Waals surface area contributed by atoms with Crippen molar-refractivity contribution in [3.63, 3.8) is 0 Å². The van der Waals surface area contributed by atoms with Gasteiger partial charge in [-0.05, 0) is 37.3 Å². The Morgan fingerprint density at radius 3 is 2.33 bits per heavy atom. The van der Waals surface area contributed by atoms with Gasteiger partial charge in [0.25, 0.3) is 0 Å². The highest BCUT2D eigenvalue weighted by molar-refractivity contribution is 6.38. The molecule has 0 bridgehead atoms. The molecule has 0 N–H and O–H groups in total. The number of aromatic nitrogens is 2. The van der Waals surface area contributed by atoms with E-state index in [-0.39, 0.29) is 5.38 Å². The lowest BCUT2D eigenvalue weighted by molar-refractivity contribution is 0.883. The van der Waals surface area contributed by atoms with Crippen LogP contribution in [-0.2, 0) is 0 Å². The van der Waals surface area contributed by atoms with Gasteiger partial charge < -0.3 is 0 Å². The zero-order valence-corrected chi connectivity index (χ0v) is 14.0. The summed E-state index contributed by atoms with van der Waals surface area (Å²) in [6.45, 7) is 1.85. The Morgan fingerprint density at radius 1 is 1.05 bits per heavy atom. The molecule has 108 valence electrons. The van der Waals surface area contributed by atoms with Gasteiger partial charge in [-0.15, -0.1) is 11.6 Å². The standard InChI is InChI=1S/C15H10Cl4N2/c1-8(16)15-20-12-6-5-9(17)7-13(12)21(15)14-10(18)3-2-4-11(14)19/h2-8H,1H3. The van der Waals surface area contributed by atoms with Gasteiger partial charge in [0.15, 0.2) is 0 Å². The first-order valence-electron chi connectivity index (χ1n) is 6.25. The van der Waals surface area contributed by atoms with Gasteiger partial charge in [0.05, 0.1) is 32.1 Å². The molecule has 3 aromatic rings. The van der Waals surface area contributed by atoms with E-state index < -0.39 is 0 Å². The normalized spacial score (nSPS) is 12.8. The van der Waals surface area contributed by atoms with Crippen LogP contribution in [0.1, 0.15) is 18.1 Å². The molecule has 0 aliphatic rings. The van der Waals surface area contributed by atoms with Gasteiger partial charge in [0, 0.05) is 5.02 Å². The number of alkyl halides is 1. The van der Waals surface area contributed by atoms with Crippen molar-refractivity contribution in [3.8, 4) is 5.69 Å². The van der Waals surface area contributed by atoms with Crippen molar-refractivity contribution in [2.24, 2.45) is 0 Å². The second kappa shape index (κ2) is 5.69. The highest BCUT2D eigenvalue weighted by Crippen LogP contribution is 2.36. The molecule has 0 saturated carbocycles. The smallest absolute Gasteiger partial charge is 0.132 e. The number of benzene rings is 2. The maximum atomic E-state index is 6.33. The molecule has 2 nitrogen and oxygen atoms in total. The summed E-state index contributed by atoms with van der Waals surface area (Å²) in [7, 11) is 0. The van der Waals surface area contributed by atoms with E-state index in [4.69, 9.17) is 46.4 Å². The maximum absolute atomic E-state index is 6.33.